The highest BCUT2D eigenvalue weighted by molar-refractivity contribution is 6.08. The molecule has 1 aliphatic heterocycles. The van der Waals surface area contributed by atoms with Gasteiger partial charge in [0.05, 0.1) is 24.5 Å². The lowest BCUT2D eigenvalue weighted by atomic mass is 10.1. The van der Waals surface area contributed by atoms with Crippen LogP contribution in [0.4, 0.5) is 11.4 Å². The Morgan fingerprint density at radius 2 is 1.80 bits per heavy atom. The molecule has 0 aliphatic carbocycles. The summed E-state index contributed by atoms with van der Waals surface area (Å²) in [4.78, 5) is 26.2. The van der Waals surface area contributed by atoms with Crippen molar-refractivity contribution in [2.45, 2.75) is 6.92 Å². The molecule has 0 bridgehead atoms. The molecule has 3 rings (SSSR count). The number of amides is 1. The fourth-order valence-corrected chi connectivity index (χ4v) is 2.85. The maximum atomic E-state index is 12.5. The number of carboxylic acids is 1. The lowest BCUT2D eigenvalue weighted by molar-refractivity contribution is 0.0698. The minimum absolute atomic E-state index is 0.0749. The highest BCUT2D eigenvalue weighted by atomic mass is 16.5. The Kier molecular flexibility index (Phi) is 5.00. The molecule has 1 amide bonds. The molecule has 6 nitrogen and oxygen atoms in total. The molecule has 2 N–H and O–H groups in total. The number of benzene rings is 2. The second-order valence-corrected chi connectivity index (χ2v) is 5.90. The molecule has 2 aromatic rings. The first-order valence-electron chi connectivity index (χ1n) is 8.13. The van der Waals surface area contributed by atoms with Crippen LogP contribution in [-0.4, -0.2) is 43.3 Å². The maximum Gasteiger partial charge on any atom is 0.337 e. The zero-order valence-electron chi connectivity index (χ0n) is 14.0. The summed E-state index contributed by atoms with van der Waals surface area (Å²) in [6.07, 6.45) is 0. The van der Waals surface area contributed by atoms with Crippen LogP contribution < -0.4 is 10.2 Å². The Balaban J connectivity index is 1.87. The van der Waals surface area contributed by atoms with Crippen molar-refractivity contribution >= 4 is 23.3 Å². The molecule has 1 fully saturated rings. The van der Waals surface area contributed by atoms with E-state index in [0.29, 0.717) is 31.9 Å². The smallest absolute Gasteiger partial charge is 0.337 e. The van der Waals surface area contributed by atoms with E-state index in [-0.39, 0.29) is 17.2 Å². The topological polar surface area (TPSA) is 78.9 Å². The van der Waals surface area contributed by atoms with Gasteiger partial charge in [0.15, 0.2) is 0 Å². The number of carboxylic acid groups (broad SMARTS) is 1. The molecule has 0 radical (unpaired) electrons. The van der Waals surface area contributed by atoms with Gasteiger partial charge in [0, 0.05) is 24.3 Å². The van der Waals surface area contributed by atoms with Crippen LogP contribution >= 0.6 is 0 Å². The molecule has 0 spiro atoms. The second kappa shape index (κ2) is 7.36. The molecule has 2 aromatic carbocycles. The highest BCUT2D eigenvalue weighted by Gasteiger charge is 2.18. The van der Waals surface area contributed by atoms with Crippen LogP contribution in [0.1, 0.15) is 26.3 Å². The van der Waals surface area contributed by atoms with Crippen molar-refractivity contribution in [2.75, 3.05) is 36.5 Å². The number of carbonyl (C=O) groups excluding carboxylic acids is 1. The molecule has 0 atom stereocenters. The first kappa shape index (κ1) is 17.0. The Morgan fingerprint density at radius 1 is 1.08 bits per heavy atom. The summed E-state index contributed by atoms with van der Waals surface area (Å²) in [6, 6.07) is 12.3. The quantitative estimate of drug-likeness (QED) is 0.895. The molecule has 25 heavy (non-hydrogen) atoms. The highest BCUT2D eigenvalue weighted by Crippen LogP contribution is 2.25. The molecule has 6 heteroatoms. The van der Waals surface area contributed by atoms with Crippen LogP contribution in [0.5, 0.6) is 0 Å². The molecule has 0 saturated carbocycles. The average Bonchev–Trinajstić information content (AvgIpc) is 2.63. The van der Waals surface area contributed by atoms with Gasteiger partial charge in [0.1, 0.15) is 0 Å². The molecular weight excluding hydrogens is 320 g/mol. The molecule has 1 aliphatic rings. The van der Waals surface area contributed by atoms with E-state index in [2.05, 4.69) is 10.2 Å². The Labute approximate surface area is 146 Å². The monoisotopic (exact) mass is 340 g/mol. The number of rotatable bonds is 4. The number of anilines is 2. The summed E-state index contributed by atoms with van der Waals surface area (Å²) in [6.45, 7) is 4.51. The van der Waals surface area contributed by atoms with Crippen LogP contribution in [0.3, 0.4) is 0 Å². The van der Waals surface area contributed by atoms with Crippen molar-refractivity contribution in [3.8, 4) is 0 Å². The zero-order chi connectivity index (χ0) is 17.8. The van der Waals surface area contributed by atoms with E-state index >= 15 is 0 Å². The Bertz CT molecular complexity index is 798. The summed E-state index contributed by atoms with van der Waals surface area (Å²) in [5.74, 6) is -1.39. The standard InChI is InChI=1S/C19H20N2O4/c1-13-4-2-3-5-15(13)18(22)20-17-7-6-14(12-16(17)19(23)24)21-8-10-25-11-9-21/h2-7,12H,8-11H2,1H3,(H,20,22)(H,23,24). The van der Waals surface area contributed by atoms with Crippen molar-refractivity contribution < 1.29 is 19.4 Å². The minimum atomic E-state index is -1.07. The number of nitrogens with zero attached hydrogens (tertiary/aromatic N) is 1. The maximum absolute atomic E-state index is 12.5. The van der Waals surface area contributed by atoms with Crippen LogP contribution in [-0.2, 0) is 4.74 Å². The van der Waals surface area contributed by atoms with Crippen LogP contribution in [0.25, 0.3) is 0 Å². The predicted octanol–water partition coefficient (Wildman–Crippen LogP) is 2.78. The molecule has 1 heterocycles. The number of aromatic carboxylic acids is 1. The van der Waals surface area contributed by atoms with Crippen LogP contribution in [0.2, 0.25) is 0 Å². The van der Waals surface area contributed by atoms with Gasteiger partial charge in [-0.3, -0.25) is 4.79 Å². The molecule has 0 unspecified atom stereocenters. The van der Waals surface area contributed by atoms with E-state index in [1.807, 2.05) is 25.1 Å². The van der Waals surface area contributed by atoms with Gasteiger partial charge in [0.25, 0.3) is 5.91 Å². The van der Waals surface area contributed by atoms with Gasteiger partial charge in [-0.1, -0.05) is 18.2 Å². The first-order valence-corrected chi connectivity index (χ1v) is 8.13. The van der Waals surface area contributed by atoms with Crippen molar-refractivity contribution in [2.24, 2.45) is 0 Å². The number of carbonyl (C=O) groups is 2. The van der Waals surface area contributed by atoms with Crippen molar-refractivity contribution in [3.05, 3.63) is 59.2 Å². The first-order chi connectivity index (χ1) is 12.1. The summed E-state index contributed by atoms with van der Waals surface area (Å²) < 4.78 is 5.32. The van der Waals surface area contributed by atoms with Gasteiger partial charge < -0.3 is 20.1 Å². The zero-order valence-corrected chi connectivity index (χ0v) is 14.0. The lowest BCUT2D eigenvalue weighted by Gasteiger charge is -2.29. The van der Waals surface area contributed by atoms with Gasteiger partial charge in [-0.15, -0.1) is 0 Å². The number of hydrogen-bond donors (Lipinski definition) is 2. The van der Waals surface area contributed by atoms with Crippen molar-refractivity contribution in [1.29, 1.82) is 0 Å². The average molecular weight is 340 g/mol. The fraction of sp³-hybridized carbons (Fsp3) is 0.263. The van der Waals surface area contributed by atoms with Crippen LogP contribution in [0.15, 0.2) is 42.5 Å². The molecule has 0 aromatic heterocycles. The van der Waals surface area contributed by atoms with E-state index in [4.69, 9.17) is 4.74 Å². The summed E-state index contributed by atoms with van der Waals surface area (Å²) >= 11 is 0. The van der Waals surface area contributed by atoms with E-state index < -0.39 is 5.97 Å². The Morgan fingerprint density at radius 3 is 2.48 bits per heavy atom. The van der Waals surface area contributed by atoms with Gasteiger partial charge in [0.2, 0.25) is 0 Å². The number of ether oxygens (including phenoxy) is 1. The summed E-state index contributed by atoms with van der Waals surface area (Å²) in [5, 5.41) is 12.2. The SMILES string of the molecule is Cc1ccccc1C(=O)Nc1ccc(N2CCOCC2)cc1C(=O)O. The largest absolute Gasteiger partial charge is 0.478 e. The van der Waals surface area contributed by atoms with E-state index in [1.165, 1.54) is 0 Å². The van der Waals surface area contributed by atoms with Gasteiger partial charge >= 0.3 is 5.97 Å². The third-order valence-electron chi connectivity index (χ3n) is 4.25. The number of morpholine rings is 1. The minimum Gasteiger partial charge on any atom is -0.478 e. The molecule has 1 saturated heterocycles. The van der Waals surface area contributed by atoms with Crippen LogP contribution in [0, 0.1) is 6.92 Å². The third kappa shape index (κ3) is 3.80. The van der Waals surface area contributed by atoms with E-state index in [9.17, 15) is 14.7 Å². The fourth-order valence-electron chi connectivity index (χ4n) is 2.85. The Hall–Kier alpha value is -2.86. The van der Waals surface area contributed by atoms with Crippen molar-refractivity contribution in [3.63, 3.8) is 0 Å². The predicted molar refractivity (Wildman–Crippen MR) is 95.6 cm³/mol. The van der Waals surface area contributed by atoms with Gasteiger partial charge in [-0.05, 0) is 36.8 Å². The normalized spacial score (nSPS) is 14.2. The number of aryl methyl sites for hydroxylation is 1. The third-order valence-corrected chi connectivity index (χ3v) is 4.25. The van der Waals surface area contributed by atoms with Gasteiger partial charge in [-0.2, -0.15) is 0 Å². The molecular formula is C19H20N2O4. The molecule has 130 valence electrons. The van der Waals surface area contributed by atoms with Crippen molar-refractivity contribution in [1.82, 2.24) is 0 Å². The van der Waals surface area contributed by atoms with E-state index in [0.717, 1.165) is 11.3 Å². The summed E-state index contributed by atoms with van der Waals surface area (Å²) in [5.41, 5.74) is 2.54. The van der Waals surface area contributed by atoms with E-state index in [1.54, 1.807) is 24.3 Å². The lowest BCUT2D eigenvalue weighted by Crippen LogP contribution is -2.36. The second-order valence-electron chi connectivity index (χ2n) is 5.90. The summed E-state index contributed by atoms with van der Waals surface area (Å²) in [7, 11) is 0. The number of hydrogen-bond acceptors (Lipinski definition) is 4. The van der Waals surface area contributed by atoms with Gasteiger partial charge in [-0.25, -0.2) is 4.79 Å². The number of nitrogens with one attached hydrogen (secondary N) is 1.